The van der Waals surface area contributed by atoms with E-state index in [-0.39, 0.29) is 18.3 Å². The zero-order valence-corrected chi connectivity index (χ0v) is 14.2. The van der Waals surface area contributed by atoms with Crippen LogP contribution in [0.2, 0.25) is 0 Å². The smallest absolute Gasteiger partial charge is 0.243 e. The van der Waals surface area contributed by atoms with Gasteiger partial charge in [-0.05, 0) is 36.6 Å². The van der Waals surface area contributed by atoms with E-state index in [1.807, 2.05) is 0 Å². The summed E-state index contributed by atoms with van der Waals surface area (Å²) in [5.74, 6) is 0.786. The molecule has 0 atom stereocenters. The highest BCUT2D eigenvalue weighted by atomic mass is 19.1. The molecule has 0 saturated carbocycles. The van der Waals surface area contributed by atoms with Crippen molar-refractivity contribution in [2.75, 3.05) is 25.5 Å². The Labute approximate surface area is 137 Å². The molecule has 23 heavy (non-hydrogen) atoms. The van der Waals surface area contributed by atoms with Crippen LogP contribution in [0.15, 0.2) is 29.3 Å². The molecule has 3 N–H and O–H groups in total. The minimum Gasteiger partial charge on any atom is -0.356 e. The van der Waals surface area contributed by atoms with E-state index < -0.39 is 0 Å². The predicted octanol–water partition coefficient (Wildman–Crippen LogP) is 2.76. The largest absolute Gasteiger partial charge is 0.356 e. The molecule has 0 radical (unpaired) electrons. The lowest BCUT2D eigenvalue weighted by Gasteiger charge is -2.12. The Morgan fingerprint density at radius 3 is 2.48 bits per heavy atom. The molecule has 0 fully saturated rings. The first-order valence-corrected chi connectivity index (χ1v) is 8.01. The van der Waals surface area contributed by atoms with Crippen molar-refractivity contribution in [2.24, 2.45) is 10.9 Å². The standard InChI is InChI=1S/C17H27FN4O/c1-13(2)6-4-5-11-20-17(19-3)21-12-16(23)22-15-9-7-14(18)8-10-15/h7-10,13H,4-6,11-12H2,1-3H3,(H,22,23)(H2,19,20,21). The van der Waals surface area contributed by atoms with Crippen molar-refractivity contribution in [1.29, 1.82) is 0 Å². The summed E-state index contributed by atoms with van der Waals surface area (Å²) in [4.78, 5) is 15.9. The van der Waals surface area contributed by atoms with Gasteiger partial charge < -0.3 is 16.0 Å². The van der Waals surface area contributed by atoms with Gasteiger partial charge in [-0.2, -0.15) is 0 Å². The maximum absolute atomic E-state index is 12.8. The summed E-state index contributed by atoms with van der Waals surface area (Å²) in [7, 11) is 1.67. The Morgan fingerprint density at radius 1 is 1.17 bits per heavy atom. The molecule has 0 heterocycles. The number of carbonyl (C=O) groups excluding carboxylic acids is 1. The maximum atomic E-state index is 12.8. The van der Waals surface area contributed by atoms with E-state index in [9.17, 15) is 9.18 Å². The first-order valence-electron chi connectivity index (χ1n) is 8.01. The number of carbonyl (C=O) groups is 1. The van der Waals surface area contributed by atoms with Crippen LogP contribution in [0, 0.1) is 11.7 Å². The summed E-state index contributed by atoms with van der Waals surface area (Å²) in [6.07, 6.45) is 3.46. The Kier molecular flexibility index (Phi) is 8.72. The van der Waals surface area contributed by atoms with Crippen molar-refractivity contribution >= 4 is 17.6 Å². The molecule has 128 valence electrons. The minimum atomic E-state index is -0.330. The summed E-state index contributed by atoms with van der Waals surface area (Å²) >= 11 is 0. The first kappa shape index (κ1) is 18.9. The van der Waals surface area contributed by atoms with Gasteiger partial charge in [0.25, 0.3) is 0 Å². The molecule has 0 bridgehead atoms. The van der Waals surface area contributed by atoms with Crippen molar-refractivity contribution in [1.82, 2.24) is 10.6 Å². The highest BCUT2D eigenvalue weighted by Crippen LogP contribution is 2.07. The molecule has 5 nitrogen and oxygen atoms in total. The fourth-order valence-corrected chi connectivity index (χ4v) is 2.01. The van der Waals surface area contributed by atoms with Gasteiger partial charge in [0.2, 0.25) is 5.91 Å². The van der Waals surface area contributed by atoms with Gasteiger partial charge in [-0.1, -0.05) is 26.7 Å². The SMILES string of the molecule is CN=C(NCCCCC(C)C)NCC(=O)Nc1ccc(F)cc1. The van der Waals surface area contributed by atoms with Gasteiger partial charge in [-0.3, -0.25) is 9.79 Å². The molecule has 0 aliphatic rings. The van der Waals surface area contributed by atoms with Crippen LogP contribution < -0.4 is 16.0 Å². The number of guanidine groups is 1. The summed E-state index contributed by atoms with van der Waals surface area (Å²) in [6.45, 7) is 5.36. The van der Waals surface area contributed by atoms with Gasteiger partial charge in [-0.15, -0.1) is 0 Å². The number of hydrogen-bond acceptors (Lipinski definition) is 2. The quantitative estimate of drug-likeness (QED) is 0.392. The van der Waals surface area contributed by atoms with Crippen LogP contribution in [-0.4, -0.2) is 32.0 Å². The number of anilines is 1. The monoisotopic (exact) mass is 322 g/mol. The van der Waals surface area contributed by atoms with Crippen LogP contribution in [0.4, 0.5) is 10.1 Å². The average molecular weight is 322 g/mol. The highest BCUT2D eigenvalue weighted by Gasteiger charge is 2.04. The fraction of sp³-hybridized carbons (Fsp3) is 0.529. The van der Waals surface area contributed by atoms with E-state index in [0.717, 1.165) is 18.9 Å². The van der Waals surface area contributed by atoms with Gasteiger partial charge in [0, 0.05) is 19.3 Å². The van der Waals surface area contributed by atoms with Gasteiger partial charge in [0.15, 0.2) is 5.96 Å². The normalized spacial score (nSPS) is 11.4. The number of amides is 1. The van der Waals surface area contributed by atoms with E-state index >= 15 is 0 Å². The van der Waals surface area contributed by atoms with E-state index in [4.69, 9.17) is 0 Å². The van der Waals surface area contributed by atoms with Crippen LogP contribution in [0.5, 0.6) is 0 Å². The Bertz CT molecular complexity index is 500. The lowest BCUT2D eigenvalue weighted by atomic mass is 10.1. The van der Waals surface area contributed by atoms with Crippen LogP contribution in [0.1, 0.15) is 33.1 Å². The Balaban J connectivity index is 2.23. The number of hydrogen-bond donors (Lipinski definition) is 3. The molecule has 0 spiro atoms. The molecule has 1 aromatic rings. The molecule has 0 aliphatic heterocycles. The fourth-order valence-electron chi connectivity index (χ4n) is 2.01. The molecule has 1 aromatic carbocycles. The molecule has 6 heteroatoms. The molecule has 0 unspecified atom stereocenters. The number of halogens is 1. The molecular weight excluding hydrogens is 295 g/mol. The molecule has 1 amide bonds. The lowest BCUT2D eigenvalue weighted by molar-refractivity contribution is -0.115. The van der Waals surface area contributed by atoms with Crippen LogP contribution in [0.25, 0.3) is 0 Å². The zero-order valence-electron chi connectivity index (χ0n) is 14.2. The number of rotatable bonds is 8. The van der Waals surface area contributed by atoms with E-state index in [2.05, 4.69) is 34.8 Å². The van der Waals surface area contributed by atoms with Crippen molar-refractivity contribution in [3.8, 4) is 0 Å². The summed E-state index contributed by atoms with van der Waals surface area (Å²) in [5.41, 5.74) is 0.565. The van der Waals surface area contributed by atoms with Crippen LogP contribution in [0.3, 0.4) is 0 Å². The van der Waals surface area contributed by atoms with Crippen molar-refractivity contribution in [2.45, 2.75) is 33.1 Å². The van der Waals surface area contributed by atoms with E-state index in [1.165, 1.54) is 37.1 Å². The van der Waals surface area contributed by atoms with Gasteiger partial charge in [0.05, 0.1) is 6.54 Å². The third kappa shape index (κ3) is 8.80. The second-order valence-corrected chi connectivity index (χ2v) is 5.80. The van der Waals surface area contributed by atoms with Gasteiger partial charge in [0.1, 0.15) is 5.82 Å². The molecule has 0 aliphatic carbocycles. The molecule has 0 saturated heterocycles. The second-order valence-electron chi connectivity index (χ2n) is 5.80. The topological polar surface area (TPSA) is 65.5 Å². The van der Waals surface area contributed by atoms with Gasteiger partial charge >= 0.3 is 0 Å². The number of benzene rings is 1. The van der Waals surface area contributed by atoms with Crippen molar-refractivity contribution in [3.05, 3.63) is 30.1 Å². The third-order valence-electron chi connectivity index (χ3n) is 3.27. The van der Waals surface area contributed by atoms with E-state index in [0.29, 0.717) is 11.6 Å². The molecule has 1 rings (SSSR count). The molecular formula is C17H27FN4O. The number of unbranched alkanes of at least 4 members (excludes halogenated alkanes) is 1. The number of nitrogens with one attached hydrogen (secondary N) is 3. The first-order chi connectivity index (χ1) is 11.0. The zero-order chi connectivity index (χ0) is 17.1. The predicted molar refractivity (Wildman–Crippen MR) is 93.1 cm³/mol. The number of nitrogens with zero attached hydrogens (tertiary/aromatic N) is 1. The molecule has 0 aromatic heterocycles. The summed E-state index contributed by atoms with van der Waals surface area (Å²) < 4.78 is 12.8. The second kappa shape index (κ2) is 10.6. The van der Waals surface area contributed by atoms with Crippen LogP contribution >= 0.6 is 0 Å². The third-order valence-corrected chi connectivity index (χ3v) is 3.27. The minimum absolute atomic E-state index is 0.100. The van der Waals surface area contributed by atoms with Crippen molar-refractivity contribution < 1.29 is 9.18 Å². The highest BCUT2D eigenvalue weighted by molar-refractivity contribution is 5.94. The average Bonchev–Trinajstić information content (AvgIpc) is 2.52. The maximum Gasteiger partial charge on any atom is 0.243 e. The lowest BCUT2D eigenvalue weighted by Crippen LogP contribution is -2.41. The summed E-state index contributed by atoms with van der Waals surface area (Å²) in [5, 5.41) is 8.82. The van der Waals surface area contributed by atoms with Gasteiger partial charge in [-0.25, -0.2) is 4.39 Å². The summed E-state index contributed by atoms with van der Waals surface area (Å²) in [6, 6.07) is 5.66. The Hall–Kier alpha value is -2.11. The van der Waals surface area contributed by atoms with Crippen molar-refractivity contribution in [3.63, 3.8) is 0 Å². The van der Waals surface area contributed by atoms with E-state index in [1.54, 1.807) is 7.05 Å². The Morgan fingerprint density at radius 2 is 1.87 bits per heavy atom. The number of aliphatic imine (C=N–C) groups is 1. The van der Waals surface area contributed by atoms with Crippen LogP contribution in [-0.2, 0) is 4.79 Å².